The van der Waals surface area contributed by atoms with Crippen LogP contribution >= 0.6 is 0 Å². The molecule has 3 aromatic heterocycles. The quantitative estimate of drug-likeness (QED) is 0.355. The molecule has 1 aromatic carbocycles. The van der Waals surface area contributed by atoms with Gasteiger partial charge in [-0.05, 0) is 25.7 Å². The molecule has 1 fully saturated rings. The molecule has 1 aliphatic rings. The van der Waals surface area contributed by atoms with Crippen LogP contribution in [-0.2, 0) is 24.8 Å². The average Bonchev–Trinajstić information content (AvgIpc) is 3.50. The number of aromatic nitrogens is 6. The van der Waals surface area contributed by atoms with Crippen LogP contribution in [0.15, 0.2) is 54.9 Å². The van der Waals surface area contributed by atoms with Gasteiger partial charge < -0.3 is 19.3 Å². The molecule has 4 aromatic rings. The second-order valence-electron chi connectivity index (χ2n) is 9.12. The lowest BCUT2D eigenvalue weighted by atomic mass is 10.1. The number of morpholine rings is 1. The molecular weight excluding hydrogens is 456 g/mol. The highest BCUT2D eigenvalue weighted by Gasteiger charge is 2.19. The number of rotatable bonds is 9. The molecule has 0 amide bonds. The van der Waals surface area contributed by atoms with Crippen LogP contribution in [0.5, 0.6) is 6.01 Å². The molecule has 0 N–H and O–H groups in total. The van der Waals surface area contributed by atoms with Gasteiger partial charge >= 0.3 is 6.01 Å². The maximum absolute atomic E-state index is 6.06. The molecule has 0 radical (unpaired) electrons. The molecule has 0 spiro atoms. The first-order chi connectivity index (χ1) is 17.5. The van der Waals surface area contributed by atoms with E-state index in [9.17, 15) is 0 Å². The number of hydrogen-bond donors (Lipinski definition) is 0. The van der Waals surface area contributed by atoms with Crippen LogP contribution in [0.25, 0.3) is 17.1 Å². The van der Waals surface area contributed by atoms with Gasteiger partial charge in [-0.1, -0.05) is 30.3 Å². The second-order valence-corrected chi connectivity index (χ2v) is 9.12. The Balaban J connectivity index is 1.49. The van der Waals surface area contributed by atoms with Crippen LogP contribution in [0, 0.1) is 0 Å². The Labute approximate surface area is 211 Å². The van der Waals surface area contributed by atoms with Gasteiger partial charge in [-0.2, -0.15) is 20.2 Å². The van der Waals surface area contributed by atoms with Crippen molar-refractivity contribution < 1.29 is 9.47 Å². The Bertz CT molecular complexity index is 1280. The van der Waals surface area contributed by atoms with E-state index in [-0.39, 0.29) is 0 Å². The van der Waals surface area contributed by atoms with Crippen molar-refractivity contribution in [1.29, 1.82) is 0 Å². The molecular formula is C26H32N8O2. The number of aryl methyl sites for hydroxylation is 1. The third-order valence-electron chi connectivity index (χ3n) is 5.94. The van der Waals surface area contributed by atoms with E-state index >= 15 is 0 Å². The number of anilines is 1. The van der Waals surface area contributed by atoms with Crippen molar-refractivity contribution in [3.05, 3.63) is 66.1 Å². The molecule has 0 atom stereocenters. The van der Waals surface area contributed by atoms with Gasteiger partial charge in [-0.25, -0.2) is 4.68 Å². The number of nitrogens with zero attached hydrogens (tertiary/aromatic N) is 8. The van der Waals surface area contributed by atoms with E-state index in [0.29, 0.717) is 38.2 Å². The first-order valence-corrected chi connectivity index (χ1v) is 12.2. The fourth-order valence-electron chi connectivity index (χ4n) is 4.19. The minimum Gasteiger partial charge on any atom is -0.463 e. The summed E-state index contributed by atoms with van der Waals surface area (Å²) in [6.07, 6.45) is 4.56. The fraction of sp³-hybridized carbons (Fsp3) is 0.385. The Morgan fingerprint density at radius 2 is 1.81 bits per heavy atom. The lowest BCUT2D eigenvalue weighted by Crippen LogP contribution is -2.37. The maximum Gasteiger partial charge on any atom is 0.320 e. The molecule has 10 heteroatoms. The Kier molecular flexibility index (Phi) is 7.24. The molecule has 188 valence electrons. The molecule has 36 heavy (non-hydrogen) atoms. The van der Waals surface area contributed by atoms with Crippen molar-refractivity contribution in [2.45, 2.75) is 13.0 Å². The van der Waals surface area contributed by atoms with Crippen molar-refractivity contribution in [1.82, 2.24) is 34.4 Å². The second kappa shape index (κ2) is 10.9. The van der Waals surface area contributed by atoms with Crippen LogP contribution < -0.4 is 9.64 Å². The van der Waals surface area contributed by atoms with Crippen LogP contribution in [0.2, 0.25) is 0 Å². The first-order valence-electron chi connectivity index (χ1n) is 12.2. The van der Waals surface area contributed by atoms with E-state index < -0.39 is 0 Å². The summed E-state index contributed by atoms with van der Waals surface area (Å²) >= 11 is 0. The van der Waals surface area contributed by atoms with Crippen LogP contribution in [0.3, 0.4) is 0 Å². The van der Waals surface area contributed by atoms with Crippen molar-refractivity contribution in [3.63, 3.8) is 0 Å². The summed E-state index contributed by atoms with van der Waals surface area (Å²) in [4.78, 5) is 13.8. The summed E-state index contributed by atoms with van der Waals surface area (Å²) in [6, 6.07) is 14.6. The van der Waals surface area contributed by atoms with Crippen molar-refractivity contribution in [2.24, 2.45) is 7.05 Å². The molecule has 1 saturated heterocycles. The smallest absolute Gasteiger partial charge is 0.320 e. The SMILES string of the molecule is CN(C)Cc1cc(-c2ccccc2)nn1-c1cc(N2CCOCC2)nc(OCCc2cnn(C)c2)n1. The standard InChI is InChI=1S/C26H32N8O2/c1-31(2)19-22-15-23(21-7-5-4-6-8-21)30-34(22)25-16-24(33-10-13-35-14-11-33)28-26(29-25)36-12-9-20-17-27-32(3)18-20/h4-8,15-18H,9-14,19H2,1-3H3. The van der Waals surface area contributed by atoms with Gasteiger partial charge in [-0.15, -0.1) is 0 Å². The minimum atomic E-state index is 0.338. The highest BCUT2D eigenvalue weighted by Crippen LogP contribution is 2.25. The first kappa shape index (κ1) is 24.0. The molecule has 0 aliphatic carbocycles. The van der Waals surface area contributed by atoms with E-state index in [1.54, 1.807) is 4.68 Å². The topological polar surface area (TPSA) is 86.4 Å². The lowest BCUT2D eigenvalue weighted by molar-refractivity contribution is 0.122. The summed E-state index contributed by atoms with van der Waals surface area (Å²) in [5.74, 6) is 1.49. The summed E-state index contributed by atoms with van der Waals surface area (Å²) in [5.41, 5.74) is 4.10. The molecule has 5 rings (SSSR count). The molecule has 4 heterocycles. The van der Waals surface area contributed by atoms with Gasteiger partial charge in [0.05, 0.1) is 37.4 Å². The van der Waals surface area contributed by atoms with Gasteiger partial charge in [0.2, 0.25) is 0 Å². The van der Waals surface area contributed by atoms with Crippen LogP contribution in [-0.4, -0.2) is 81.4 Å². The molecule has 0 bridgehead atoms. The Hall–Kier alpha value is -3.76. The predicted octanol–water partition coefficient (Wildman–Crippen LogP) is 2.58. The zero-order valence-electron chi connectivity index (χ0n) is 21.0. The monoisotopic (exact) mass is 488 g/mol. The molecule has 0 unspecified atom stereocenters. The number of benzene rings is 1. The van der Waals surface area contributed by atoms with Crippen molar-refractivity contribution >= 4 is 5.82 Å². The molecule has 0 saturated carbocycles. The number of hydrogen-bond acceptors (Lipinski definition) is 8. The van der Waals surface area contributed by atoms with Crippen LogP contribution in [0.1, 0.15) is 11.3 Å². The van der Waals surface area contributed by atoms with E-state index in [2.05, 4.69) is 33.1 Å². The van der Waals surface area contributed by atoms with Gasteiger partial charge in [-0.3, -0.25) is 4.68 Å². The maximum atomic E-state index is 6.06. The van der Waals surface area contributed by atoms with E-state index in [1.807, 2.05) is 62.5 Å². The van der Waals surface area contributed by atoms with Gasteiger partial charge in [0, 0.05) is 50.9 Å². The van der Waals surface area contributed by atoms with Crippen molar-refractivity contribution in [3.8, 4) is 23.1 Å². The average molecular weight is 489 g/mol. The highest BCUT2D eigenvalue weighted by molar-refractivity contribution is 5.60. The summed E-state index contributed by atoms with van der Waals surface area (Å²) in [5, 5.41) is 9.18. The summed E-state index contributed by atoms with van der Waals surface area (Å²) in [7, 11) is 6.00. The fourth-order valence-corrected chi connectivity index (χ4v) is 4.19. The summed E-state index contributed by atoms with van der Waals surface area (Å²) in [6.45, 7) is 4.05. The zero-order valence-corrected chi connectivity index (χ0v) is 21.0. The largest absolute Gasteiger partial charge is 0.463 e. The van der Waals surface area contributed by atoms with E-state index in [4.69, 9.17) is 24.5 Å². The van der Waals surface area contributed by atoms with E-state index in [1.165, 1.54) is 0 Å². The van der Waals surface area contributed by atoms with Crippen molar-refractivity contribution in [2.75, 3.05) is 51.9 Å². The Morgan fingerprint density at radius 3 is 2.53 bits per heavy atom. The summed E-state index contributed by atoms with van der Waals surface area (Å²) < 4.78 is 15.3. The van der Waals surface area contributed by atoms with E-state index in [0.717, 1.165) is 47.8 Å². The molecule has 10 nitrogen and oxygen atoms in total. The Morgan fingerprint density at radius 1 is 1.03 bits per heavy atom. The predicted molar refractivity (Wildman–Crippen MR) is 137 cm³/mol. The van der Waals surface area contributed by atoms with Gasteiger partial charge in [0.15, 0.2) is 5.82 Å². The third kappa shape index (κ3) is 5.72. The normalized spacial score (nSPS) is 13.9. The third-order valence-corrected chi connectivity index (χ3v) is 5.94. The zero-order chi connectivity index (χ0) is 24.9. The van der Waals surface area contributed by atoms with Gasteiger partial charge in [0.25, 0.3) is 0 Å². The minimum absolute atomic E-state index is 0.338. The lowest BCUT2D eigenvalue weighted by Gasteiger charge is -2.28. The highest BCUT2D eigenvalue weighted by atomic mass is 16.5. The van der Waals surface area contributed by atoms with Gasteiger partial charge in [0.1, 0.15) is 5.82 Å². The van der Waals surface area contributed by atoms with Crippen LogP contribution in [0.4, 0.5) is 5.82 Å². The number of ether oxygens (including phenoxy) is 2. The molecule has 1 aliphatic heterocycles.